The number of benzene rings is 3. The van der Waals surface area contributed by atoms with Crippen molar-refractivity contribution in [1.82, 2.24) is 10.7 Å². The molecule has 162 valence electrons. The Morgan fingerprint density at radius 1 is 0.968 bits per heavy atom. The minimum atomic E-state index is -0.178. The molecule has 0 heterocycles. The van der Waals surface area contributed by atoms with Gasteiger partial charge in [0.1, 0.15) is 0 Å². The van der Waals surface area contributed by atoms with Gasteiger partial charge in [0.05, 0.1) is 11.6 Å². The molecule has 0 aliphatic rings. The van der Waals surface area contributed by atoms with E-state index in [0.717, 1.165) is 22.1 Å². The van der Waals surface area contributed by atoms with E-state index in [-0.39, 0.29) is 12.5 Å². The van der Waals surface area contributed by atoms with E-state index in [1.165, 1.54) is 5.56 Å². The van der Waals surface area contributed by atoms with Crippen LogP contribution in [0.1, 0.15) is 11.1 Å². The minimum absolute atomic E-state index is 0.0864. The van der Waals surface area contributed by atoms with E-state index in [1.807, 2.05) is 72.8 Å². The lowest BCUT2D eigenvalue weighted by molar-refractivity contribution is -0.123. The Morgan fingerprint density at radius 2 is 1.68 bits per heavy atom. The summed E-state index contributed by atoms with van der Waals surface area (Å²) in [7, 11) is 1.58. The van der Waals surface area contributed by atoms with E-state index in [9.17, 15) is 4.79 Å². The number of rotatable bonds is 11. The molecule has 31 heavy (non-hydrogen) atoms. The average Bonchev–Trinajstić information content (AvgIpc) is 2.79. The highest BCUT2D eigenvalue weighted by Crippen LogP contribution is 2.36. The first kappa shape index (κ1) is 22.7. The molecule has 0 saturated heterocycles. The van der Waals surface area contributed by atoms with Crippen molar-refractivity contribution in [3.05, 3.63) is 88.4 Å². The lowest BCUT2D eigenvalue weighted by Crippen LogP contribution is -2.30. The maximum Gasteiger partial charge on any atom is 0.257 e. The van der Waals surface area contributed by atoms with Crippen molar-refractivity contribution in [3.63, 3.8) is 0 Å². The van der Waals surface area contributed by atoms with E-state index in [1.54, 1.807) is 7.11 Å². The van der Waals surface area contributed by atoms with Crippen molar-refractivity contribution in [3.8, 4) is 11.5 Å². The van der Waals surface area contributed by atoms with Gasteiger partial charge in [-0.15, -0.1) is 0 Å². The van der Waals surface area contributed by atoms with Crippen LogP contribution in [-0.2, 0) is 17.8 Å². The summed E-state index contributed by atoms with van der Waals surface area (Å²) in [4.78, 5) is 12.2. The molecule has 0 unspecified atom stereocenters. The standard InChI is InChI=1S/C24H26BrN3O3/c1-30-22-15-19(16-27-28-20-10-6-3-7-11-20)14-21(25)24(22)31-17-23(29)26-13-12-18-8-4-2-5-9-18/h2-11,14-15,27-28H,12-13,16-17H2,1H3,(H,26,29). The van der Waals surface area contributed by atoms with Crippen LogP contribution in [0.5, 0.6) is 11.5 Å². The Balaban J connectivity index is 1.49. The Hall–Kier alpha value is -3.03. The van der Waals surface area contributed by atoms with Crippen LogP contribution < -0.4 is 25.6 Å². The fourth-order valence-corrected chi connectivity index (χ4v) is 3.57. The zero-order chi connectivity index (χ0) is 21.9. The second-order valence-electron chi connectivity index (χ2n) is 6.83. The van der Waals surface area contributed by atoms with Crippen LogP contribution >= 0.6 is 15.9 Å². The Kier molecular flexibility index (Phi) is 8.75. The smallest absolute Gasteiger partial charge is 0.257 e. The number of carbonyl (C=O) groups excluding carboxylic acids is 1. The minimum Gasteiger partial charge on any atom is -0.493 e. The largest absolute Gasteiger partial charge is 0.493 e. The number of nitrogens with one attached hydrogen (secondary N) is 3. The quantitative estimate of drug-likeness (QED) is 0.354. The molecular formula is C24H26BrN3O3. The van der Waals surface area contributed by atoms with Gasteiger partial charge in [-0.05, 0) is 57.7 Å². The summed E-state index contributed by atoms with van der Waals surface area (Å²) in [6.45, 7) is 1.05. The molecule has 0 atom stereocenters. The zero-order valence-corrected chi connectivity index (χ0v) is 18.9. The van der Waals surface area contributed by atoms with Gasteiger partial charge in [-0.3, -0.25) is 4.79 Å². The molecule has 0 radical (unpaired) electrons. The van der Waals surface area contributed by atoms with Gasteiger partial charge >= 0.3 is 0 Å². The second kappa shape index (κ2) is 12.0. The van der Waals surface area contributed by atoms with Gasteiger partial charge in [-0.1, -0.05) is 48.5 Å². The van der Waals surface area contributed by atoms with Gasteiger partial charge < -0.3 is 20.2 Å². The Morgan fingerprint density at radius 3 is 2.39 bits per heavy atom. The van der Waals surface area contributed by atoms with Gasteiger partial charge in [0.25, 0.3) is 5.91 Å². The van der Waals surface area contributed by atoms with Crippen molar-refractivity contribution in [2.45, 2.75) is 13.0 Å². The highest BCUT2D eigenvalue weighted by Gasteiger charge is 2.13. The first-order valence-electron chi connectivity index (χ1n) is 9.99. The van der Waals surface area contributed by atoms with Crippen molar-refractivity contribution in [2.24, 2.45) is 0 Å². The molecule has 3 aromatic carbocycles. The molecule has 0 fully saturated rings. The van der Waals surface area contributed by atoms with Crippen LogP contribution in [0.2, 0.25) is 0 Å². The molecule has 1 amide bonds. The van der Waals surface area contributed by atoms with E-state index in [0.29, 0.717) is 24.6 Å². The van der Waals surface area contributed by atoms with Gasteiger partial charge in [0.15, 0.2) is 18.1 Å². The summed E-state index contributed by atoms with van der Waals surface area (Å²) in [5.41, 5.74) is 9.47. The highest BCUT2D eigenvalue weighted by molar-refractivity contribution is 9.10. The molecule has 6 nitrogen and oxygen atoms in total. The molecule has 7 heteroatoms. The summed E-state index contributed by atoms with van der Waals surface area (Å²) in [6, 6.07) is 23.7. The monoisotopic (exact) mass is 483 g/mol. The summed E-state index contributed by atoms with van der Waals surface area (Å²) in [5.74, 6) is 0.881. The van der Waals surface area contributed by atoms with E-state index >= 15 is 0 Å². The summed E-state index contributed by atoms with van der Waals surface area (Å²) in [6.07, 6.45) is 0.776. The van der Waals surface area contributed by atoms with E-state index in [4.69, 9.17) is 9.47 Å². The average molecular weight is 484 g/mol. The van der Waals surface area contributed by atoms with Crippen LogP contribution in [0.25, 0.3) is 0 Å². The van der Waals surface area contributed by atoms with Crippen molar-refractivity contribution in [1.29, 1.82) is 0 Å². The first-order chi connectivity index (χ1) is 15.2. The van der Waals surface area contributed by atoms with Crippen LogP contribution in [0.15, 0.2) is 77.3 Å². The maximum absolute atomic E-state index is 12.2. The summed E-state index contributed by atoms with van der Waals surface area (Å²) in [5, 5.41) is 2.87. The molecule has 3 aromatic rings. The van der Waals surface area contributed by atoms with E-state index in [2.05, 4.69) is 32.1 Å². The van der Waals surface area contributed by atoms with Gasteiger partial charge in [-0.25, -0.2) is 5.43 Å². The first-order valence-corrected chi connectivity index (χ1v) is 10.8. The van der Waals surface area contributed by atoms with Crippen molar-refractivity contribution < 1.29 is 14.3 Å². The van der Waals surface area contributed by atoms with Crippen molar-refractivity contribution >= 4 is 27.5 Å². The SMILES string of the molecule is COc1cc(CNNc2ccccc2)cc(Br)c1OCC(=O)NCCc1ccccc1. The molecular weight excluding hydrogens is 458 g/mol. The molecule has 3 rings (SSSR count). The second-order valence-corrected chi connectivity index (χ2v) is 7.68. The molecule has 0 spiro atoms. The molecule has 3 N–H and O–H groups in total. The Labute approximate surface area is 191 Å². The van der Waals surface area contributed by atoms with Crippen LogP contribution in [-0.4, -0.2) is 26.2 Å². The molecule has 0 aliphatic carbocycles. The van der Waals surface area contributed by atoms with Crippen LogP contribution in [0.3, 0.4) is 0 Å². The van der Waals surface area contributed by atoms with Gasteiger partial charge in [-0.2, -0.15) is 0 Å². The number of ether oxygens (including phenoxy) is 2. The predicted molar refractivity (Wildman–Crippen MR) is 126 cm³/mol. The topological polar surface area (TPSA) is 71.6 Å². The Bertz CT molecular complexity index is 969. The third-order valence-electron chi connectivity index (χ3n) is 4.51. The summed E-state index contributed by atoms with van der Waals surface area (Å²) < 4.78 is 11.9. The van der Waals surface area contributed by atoms with Gasteiger partial charge in [0.2, 0.25) is 0 Å². The molecule has 0 aliphatic heterocycles. The normalized spacial score (nSPS) is 10.4. The number of hydrazine groups is 1. The number of amides is 1. The lowest BCUT2D eigenvalue weighted by atomic mass is 10.1. The highest BCUT2D eigenvalue weighted by atomic mass is 79.9. The number of anilines is 1. The molecule has 0 saturated carbocycles. The zero-order valence-electron chi connectivity index (χ0n) is 17.4. The number of carbonyl (C=O) groups is 1. The van der Waals surface area contributed by atoms with E-state index < -0.39 is 0 Å². The lowest BCUT2D eigenvalue weighted by Gasteiger charge is -2.15. The fraction of sp³-hybridized carbons (Fsp3) is 0.208. The number of para-hydroxylation sites is 1. The van der Waals surface area contributed by atoms with Crippen LogP contribution in [0.4, 0.5) is 5.69 Å². The number of hydrogen-bond donors (Lipinski definition) is 3. The van der Waals surface area contributed by atoms with Crippen LogP contribution in [0, 0.1) is 0 Å². The predicted octanol–water partition coefficient (Wildman–Crippen LogP) is 4.31. The third-order valence-corrected chi connectivity index (χ3v) is 5.10. The summed E-state index contributed by atoms with van der Waals surface area (Å²) >= 11 is 3.52. The number of hydrogen-bond acceptors (Lipinski definition) is 5. The maximum atomic E-state index is 12.2. The number of methoxy groups -OCH3 is 1. The molecule has 0 aromatic heterocycles. The van der Waals surface area contributed by atoms with Gasteiger partial charge in [0, 0.05) is 18.8 Å². The molecule has 0 bridgehead atoms. The third kappa shape index (κ3) is 7.31. The van der Waals surface area contributed by atoms with Crippen molar-refractivity contribution in [2.75, 3.05) is 25.7 Å². The number of halogens is 1. The fourth-order valence-electron chi connectivity index (χ4n) is 2.96.